The minimum absolute atomic E-state index is 0.102. The van der Waals surface area contributed by atoms with Crippen LogP contribution in [0.5, 0.6) is 0 Å². The summed E-state index contributed by atoms with van der Waals surface area (Å²) in [4.78, 5) is 22.5. The van der Waals surface area contributed by atoms with E-state index in [0.29, 0.717) is 22.5 Å². The SMILES string of the molecule is CC1(C)C(CNC(=O)c2ccc(Br)c([N+](=O)[O-])c2)C1(C)C. The molecule has 0 aromatic heterocycles. The summed E-state index contributed by atoms with van der Waals surface area (Å²) in [5, 5.41) is 13.8. The molecule has 0 saturated heterocycles. The Hall–Kier alpha value is -1.43. The lowest BCUT2D eigenvalue weighted by Gasteiger charge is -2.07. The Bertz CT molecular complexity index is 597. The maximum atomic E-state index is 12.1. The minimum atomic E-state index is -0.506. The van der Waals surface area contributed by atoms with Crippen LogP contribution in [-0.2, 0) is 0 Å². The number of nitrogens with one attached hydrogen (secondary N) is 1. The third-order valence-electron chi connectivity index (χ3n) is 5.19. The first kappa shape index (κ1) is 15.9. The standard InChI is InChI=1S/C15H19BrN2O3/c1-14(2)12(15(14,3)4)8-17-13(19)9-5-6-10(16)11(7-9)18(20)21/h5-7,12H,8H2,1-4H3,(H,17,19). The predicted molar refractivity (Wildman–Crippen MR) is 84.2 cm³/mol. The van der Waals surface area contributed by atoms with Gasteiger partial charge in [-0.25, -0.2) is 0 Å². The van der Waals surface area contributed by atoms with E-state index in [1.165, 1.54) is 12.1 Å². The van der Waals surface area contributed by atoms with Crippen molar-refractivity contribution in [1.29, 1.82) is 0 Å². The highest BCUT2D eigenvalue weighted by Crippen LogP contribution is 2.67. The lowest BCUT2D eigenvalue weighted by molar-refractivity contribution is -0.385. The fraction of sp³-hybridized carbons (Fsp3) is 0.533. The van der Waals surface area contributed by atoms with Crippen LogP contribution < -0.4 is 5.32 Å². The van der Waals surface area contributed by atoms with Crippen LogP contribution >= 0.6 is 15.9 Å². The average Bonchev–Trinajstić information content (AvgIpc) is 2.77. The fourth-order valence-electron chi connectivity index (χ4n) is 2.93. The third kappa shape index (κ3) is 2.69. The van der Waals surface area contributed by atoms with Crippen LogP contribution in [0.2, 0.25) is 0 Å². The molecule has 1 fully saturated rings. The highest BCUT2D eigenvalue weighted by molar-refractivity contribution is 9.10. The number of hydrogen-bond donors (Lipinski definition) is 1. The van der Waals surface area contributed by atoms with Crippen LogP contribution in [0.4, 0.5) is 5.69 Å². The smallest absolute Gasteiger partial charge is 0.284 e. The van der Waals surface area contributed by atoms with Crippen molar-refractivity contribution in [3.63, 3.8) is 0 Å². The van der Waals surface area contributed by atoms with E-state index in [1.807, 2.05) is 0 Å². The Morgan fingerprint density at radius 3 is 2.38 bits per heavy atom. The molecule has 1 aromatic carbocycles. The Morgan fingerprint density at radius 2 is 1.90 bits per heavy atom. The van der Waals surface area contributed by atoms with Crippen molar-refractivity contribution in [3.8, 4) is 0 Å². The van der Waals surface area contributed by atoms with Crippen molar-refractivity contribution in [2.24, 2.45) is 16.7 Å². The number of halogens is 1. The van der Waals surface area contributed by atoms with Gasteiger partial charge in [0.15, 0.2) is 0 Å². The molecule has 1 aliphatic carbocycles. The van der Waals surface area contributed by atoms with Gasteiger partial charge in [0.25, 0.3) is 11.6 Å². The van der Waals surface area contributed by atoms with E-state index in [-0.39, 0.29) is 22.4 Å². The van der Waals surface area contributed by atoms with E-state index >= 15 is 0 Å². The Kier molecular flexibility index (Phi) is 3.86. The zero-order valence-corrected chi connectivity index (χ0v) is 14.2. The van der Waals surface area contributed by atoms with E-state index in [4.69, 9.17) is 0 Å². The normalized spacial score (nSPS) is 19.1. The third-order valence-corrected chi connectivity index (χ3v) is 5.86. The molecule has 6 heteroatoms. The maximum absolute atomic E-state index is 12.1. The van der Waals surface area contributed by atoms with E-state index in [9.17, 15) is 14.9 Å². The van der Waals surface area contributed by atoms with Crippen LogP contribution in [0.25, 0.3) is 0 Å². The Balaban J connectivity index is 2.05. The molecule has 0 atom stereocenters. The molecule has 1 amide bonds. The molecule has 0 bridgehead atoms. The summed E-state index contributed by atoms with van der Waals surface area (Å²) in [6, 6.07) is 4.40. The van der Waals surface area contributed by atoms with Crippen LogP contribution in [0.3, 0.4) is 0 Å². The number of carbonyl (C=O) groups excluding carboxylic acids is 1. The molecule has 1 aromatic rings. The zero-order valence-electron chi connectivity index (χ0n) is 12.6. The molecule has 0 radical (unpaired) electrons. The van der Waals surface area contributed by atoms with E-state index in [0.717, 1.165) is 0 Å². The molecule has 21 heavy (non-hydrogen) atoms. The summed E-state index contributed by atoms with van der Waals surface area (Å²) in [5.74, 6) is 0.142. The molecule has 0 spiro atoms. The van der Waals surface area contributed by atoms with Gasteiger partial charge in [-0.2, -0.15) is 0 Å². The molecule has 5 nitrogen and oxygen atoms in total. The first-order valence-electron chi connectivity index (χ1n) is 6.81. The first-order valence-corrected chi connectivity index (χ1v) is 7.60. The van der Waals surface area contributed by atoms with Gasteiger partial charge in [0.1, 0.15) is 0 Å². The van der Waals surface area contributed by atoms with Crippen LogP contribution in [0, 0.1) is 26.9 Å². The number of benzene rings is 1. The second-order valence-electron chi connectivity index (χ2n) is 6.63. The van der Waals surface area contributed by atoms with E-state index < -0.39 is 4.92 Å². The van der Waals surface area contributed by atoms with Crippen molar-refractivity contribution in [2.45, 2.75) is 27.7 Å². The van der Waals surface area contributed by atoms with Gasteiger partial charge in [-0.1, -0.05) is 27.7 Å². The minimum Gasteiger partial charge on any atom is -0.352 e. The molecule has 2 rings (SSSR count). The largest absolute Gasteiger partial charge is 0.352 e. The molecule has 0 unspecified atom stereocenters. The highest BCUT2D eigenvalue weighted by atomic mass is 79.9. The second-order valence-corrected chi connectivity index (χ2v) is 7.48. The summed E-state index contributed by atoms with van der Waals surface area (Å²) >= 11 is 3.11. The number of rotatable bonds is 4. The second kappa shape index (κ2) is 5.09. The summed E-state index contributed by atoms with van der Waals surface area (Å²) in [7, 11) is 0. The van der Waals surface area contributed by atoms with Gasteiger partial charge >= 0.3 is 0 Å². The number of nitrogens with zero attached hydrogens (tertiary/aromatic N) is 1. The first-order chi connectivity index (χ1) is 9.59. The van der Waals surface area contributed by atoms with Gasteiger partial charge in [-0.05, 0) is 44.8 Å². The lowest BCUT2D eigenvalue weighted by Crippen LogP contribution is -2.27. The number of nitro groups is 1. The summed E-state index contributed by atoms with van der Waals surface area (Å²) in [5.41, 5.74) is 0.605. The molecule has 1 N–H and O–H groups in total. The van der Waals surface area contributed by atoms with Crippen LogP contribution in [0.1, 0.15) is 38.1 Å². The topological polar surface area (TPSA) is 72.2 Å². The zero-order chi connectivity index (χ0) is 16.0. The van der Waals surface area contributed by atoms with Gasteiger partial charge in [-0.15, -0.1) is 0 Å². The van der Waals surface area contributed by atoms with Gasteiger partial charge in [0, 0.05) is 18.2 Å². The summed E-state index contributed by atoms with van der Waals surface area (Å²) in [6.07, 6.45) is 0. The Morgan fingerprint density at radius 1 is 1.33 bits per heavy atom. The maximum Gasteiger partial charge on any atom is 0.284 e. The van der Waals surface area contributed by atoms with Crippen molar-refractivity contribution in [2.75, 3.05) is 6.54 Å². The van der Waals surface area contributed by atoms with Gasteiger partial charge in [0.05, 0.1) is 9.40 Å². The predicted octanol–water partition coefficient (Wildman–Crippen LogP) is 3.77. The summed E-state index contributed by atoms with van der Waals surface area (Å²) in [6.45, 7) is 9.34. The van der Waals surface area contributed by atoms with E-state index in [1.54, 1.807) is 6.07 Å². The van der Waals surface area contributed by atoms with Crippen LogP contribution in [0.15, 0.2) is 22.7 Å². The number of amides is 1. The number of hydrogen-bond acceptors (Lipinski definition) is 3. The molecular formula is C15H19BrN2O3. The van der Waals surface area contributed by atoms with Crippen molar-refractivity contribution in [1.82, 2.24) is 5.32 Å². The molecule has 114 valence electrons. The van der Waals surface area contributed by atoms with Gasteiger partial charge in [-0.3, -0.25) is 14.9 Å². The van der Waals surface area contributed by atoms with Crippen molar-refractivity contribution < 1.29 is 9.72 Å². The fourth-order valence-corrected chi connectivity index (χ4v) is 3.33. The van der Waals surface area contributed by atoms with Gasteiger partial charge in [0.2, 0.25) is 0 Å². The summed E-state index contributed by atoms with van der Waals surface area (Å²) < 4.78 is 0.369. The van der Waals surface area contributed by atoms with Gasteiger partial charge < -0.3 is 5.32 Å². The number of nitro benzene ring substituents is 1. The molecule has 0 heterocycles. The quantitative estimate of drug-likeness (QED) is 0.660. The van der Waals surface area contributed by atoms with Crippen LogP contribution in [-0.4, -0.2) is 17.4 Å². The lowest BCUT2D eigenvalue weighted by atomic mass is 10.0. The Labute approximate surface area is 132 Å². The van der Waals surface area contributed by atoms with E-state index in [2.05, 4.69) is 48.9 Å². The molecular weight excluding hydrogens is 336 g/mol. The van der Waals surface area contributed by atoms with Crippen molar-refractivity contribution >= 4 is 27.5 Å². The molecule has 1 aliphatic rings. The highest BCUT2D eigenvalue weighted by Gasteiger charge is 2.64. The average molecular weight is 355 g/mol. The monoisotopic (exact) mass is 354 g/mol. The number of carbonyl (C=O) groups is 1. The molecule has 1 saturated carbocycles. The molecule has 0 aliphatic heterocycles. The van der Waals surface area contributed by atoms with Crippen molar-refractivity contribution in [3.05, 3.63) is 38.3 Å².